The van der Waals surface area contributed by atoms with Crippen LogP contribution in [0.2, 0.25) is 0 Å². The molecule has 0 fully saturated rings. The van der Waals surface area contributed by atoms with Crippen LogP contribution < -0.4 is 0 Å². The maximum Gasteiger partial charge on any atom is 0.178 e. The van der Waals surface area contributed by atoms with Gasteiger partial charge >= 0.3 is 0 Å². The first-order chi connectivity index (χ1) is 7.43. The van der Waals surface area contributed by atoms with E-state index >= 15 is 0 Å². The lowest BCUT2D eigenvalue weighted by Crippen LogP contribution is -1.96. The van der Waals surface area contributed by atoms with Gasteiger partial charge in [-0.2, -0.15) is 0 Å². The van der Waals surface area contributed by atoms with Gasteiger partial charge in [0.05, 0.1) is 0 Å². The minimum atomic E-state index is 0.747. The van der Waals surface area contributed by atoms with Gasteiger partial charge in [-0.25, -0.2) is 9.97 Å². The fourth-order valence-electron chi connectivity index (χ4n) is 1.93. The number of rotatable bonds is 1. The average molecular weight is 197 g/mol. The quantitative estimate of drug-likeness (QED) is 0.702. The normalized spacial score (nSPS) is 13.9. The minimum absolute atomic E-state index is 0.747. The van der Waals surface area contributed by atoms with Crippen molar-refractivity contribution in [3.05, 3.63) is 41.9 Å². The molecule has 0 saturated carbocycles. The second-order valence-electron chi connectivity index (χ2n) is 3.73. The highest BCUT2D eigenvalue weighted by Crippen LogP contribution is 2.21. The van der Waals surface area contributed by atoms with Crippen LogP contribution in [0.4, 0.5) is 0 Å². The van der Waals surface area contributed by atoms with Gasteiger partial charge in [-0.1, -0.05) is 6.07 Å². The van der Waals surface area contributed by atoms with Crippen LogP contribution in [0.3, 0.4) is 0 Å². The molecular weight excluding hydrogens is 186 g/mol. The molecule has 0 saturated heterocycles. The summed E-state index contributed by atoms with van der Waals surface area (Å²) in [7, 11) is 0. The van der Waals surface area contributed by atoms with E-state index in [1.807, 2.05) is 24.4 Å². The summed E-state index contributed by atoms with van der Waals surface area (Å²) in [5.41, 5.74) is 3.35. The van der Waals surface area contributed by atoms with E-state index in [1.165, 1.54) is 17.7 Å². The third kappa shape index (κ3) is 1.50. The number of aromatic nitrogens is 3. The van der Waals surface area contributed by atoms with Crippen LogP contribution in [-0.4, -0.2) is 15.0 Å². The van der Waals surface area contributed by atoms with Crippen molar-refractivity contribution >= 4 is 0 Å². The van der Waals surface area contributed by atoms with Crippen molar-refractivity contribution in [3.8, 4) is 11.5 Å². The zero-order valence-electron chi connectivity index (χ0n) is 8.35. The van der Waals surface area contributed by atoms with E-state index in [0.717, 1.165) is 24.4 Å². The summed E-state index contributed by atoms with van der Waals surface area (Å²) in [6.45, 7) is 0. The van der Waals surface area contributed by atoms with E-state index in [4.69, 9.17) is 0 Å². The van der Waals surface area contributed by atoms with E-state index in [0.29, 0.717) is 0 Å². The summed E-state index contributed by atoms with van der Waals surface area (Å²) in [5, 5.41) is 0. The Balaban J connectivity index is 2.07. The predicted molar refractivity (Wildman–Crippen MR) is 57.3 cm³/mol. The van der Waals surface area contributed by atoms with Crippen LogP contribution in [0.1, 0.15) is 17.7 Å². The molecule has 0 spiro atoms. The Hall–Kier alpha value is -1.77. The monoisotopic (exact) mass is 197 g/mol. The molecule has 3 rings (SSSR count). The summed E-state index contributed by atoms with van der Waals surface area (Å²) in [6.07, 6.45) is 7.12. The molecule has 15 heavy (non-hydrogen) atoms. The number of hydrogen-bond acceptors (Lipinski definition) is 3. The van der Waals surface area contributed by atoms with Crippen molar-refractivity contribution in [2.24, 2.45) is 0 Å². The van der Waals surface area contributed by atoms with Gasteiger partial charge in [0.25, 0.3) is 0 Å². The second kappa shape index (κ2) is 3.42. The Kier molecular flexibility index (Phi) is 1.95. The smallest absolute Gasteiger partial charge is 0.178 e. The molecule has 1 aliphatic rings. The minimum Gasteiger partial charge on any atom is -0.253 e. The van der Waals surface area contributed by atoms with Crippen molar-refractivity contribution in [1.29, 1.82) is 0 Å². The lowest BCUT2D eigenvalue weighted by molar-refractivity contribution is 0.899. The zero-order valence-corrected chi connectivity index (χ0v) is 8.35. The molecular formula is C12H11N3. The van der Waals surface area contributed by atoms with E-state index in [1.54, 1.807) is 6.20 Å². The molecule has 0 amide bonds. The summed E-state index contributed by atoms with van der Waals surface area (Å²) in [4.78, 5) is 13.1. The van der Waals surface area contributed by atoms with Crippen LogP contribution in [0.25, 0.3) is 11.5 Å². The van der Waals surface area contributed by atoms with Crippen LogP contribution in [0, 0.1) is 0 Å². The highest BCUT2D eigenvalue weighted by molar-refractivity contribution is 5.49. The predicted octanol–water partition coefficient (Wildman–Crippen LogP) is 2.03. The van der Waals surface area contributed by atoms with Crippen molar-refractivity contribution in [1.82, 2.24) is 15.0 Å². The third-order valence-corrected chi connectivity index (χ3v) is 2.71. The van der Waals surface area contributed by atoms with Crippen molar-refractivity contribution in [3.63, 3.8) is 0 Å². The van der Waals surface area contributed by atoms with E-state index < -0.39 is 0 Å². The number of aryl methyl sites for hydroxylation is 2. The fourth-order valence-corrected chi connectivity index (χ4v) is 1.93. The van der Waals surface area contributed by atoms with Gasteiger partial charge in [0.2, 0.25) is 0 Å². The standard InChI is InChI=1S/C12H11N3/c1-2-7-13-11(5-1)12-14-8-9-4-3-6-10(9)15-12/h1-2,5,7-8H,3-4,6H2. The van der Waals surface area contributed by atoms with Gasteiger partial charge in [0.1, 0.15) is 5.69 Å². The van der Waals surface area contributed by atoms with Gasteiger partial charge in [-0.3, -0.25) is 4.98 Å². The van der Waals surface area contributed by atoms with Gasteiger partial charge in [-0.15, -0.1) is 0 Å². The number of hydrogen-bond donors (Lipinski definition) is 0. The van der Waals surface area contributed by atoms with Gasteiger partial charge in [0, 0.05) is 18.1 Å². The highest BCUT2D eigenvalue weighted by Gasteiger charge is 2.14. The molecule has 0 bridgehead atoms. The molecule has 2 aromatic heterocycles. The summed E-state index contributed by atoms with van der Waals surface area (Å²) in [5.74, 6) is 0.747. The first-order valence-corrected chi connectivity index (χ1v) is 5.20. The number of fused-ring (bicyclic) bond motifs is 1. The maximum atomic E-state index is 4.55. The van der Waals surface area contributed by atoms with Crippen LogP contribution >= 0.6 is 0 Å². The Labute approximate surface area is 88.2 Å². The van der Waals surface area contributed by atoms with Crippen LogP contribution in [-0.2, 0) is 12.8 Å². The summed E-state index contributed by atoms with van der Waals surface area (Å²) >= 11 is 0. The van der Waals surface area contributed by atoms with E-state index in [-0.39, 0.29) is 0 Å². The van der Waals surface area contributed by atoms with Gasteiger partial charge in [0.15, 0.2) is 5.82 Å². The lowest BCUT2D eigenvalue weighted by atomic mass is 10.2. The van der Waals surface area contributed by atoms with Crippen molar-refractivity contribution in [2.45, 2.75) is 19.3 Å². The molecule has 0 aromatic carbocycles. The SMILES string of the molecule is c1ccc(-c2ncc3c(n2)CCC3)nc1. The molecule has 2 aromatic rings. The fraction of sp³-hybridized carbons (Fsp3) is 0.250. The van der Waals surface area contributed by atoms with Crippen LogP contribution in [0.5, 0.6) is 0 Å². The molecule has 0 N–H and O–H groups in total. The topological polar surface area (TPSA) is 38.7 Å². The summed E-state index contributed by atoms with van der Waals surface area (Å²) in [6, 6.07) is 5.80. The summed E-state index contributed by atoms with van der Waals surface area (Å²) < 4.78 is 0. The van der Waals surface area contributed by atoms with Crippen molar-refractivity contribution in [2.75, 3.05) is 0 Å². The number of pyridine rings is 1. The largest absolute Gasteiger partial charge is 0.253 e. The van der Waals surface area contributed by atoms with E-state index in [2.05, 4.69) is 15.0 Å². The van der Waals surface area contributed by atoms with Crippen molar-refractivity contribution < 1.29 is 0 Å². The first kappa shape index (κ1) is 8.53. The Morgan fingerprint density at radius 1 is 1.07 bits per heavy atom. The lowest BCUT2D eigenvalue weighted by Gasteiger charge is -2.01. The van der Waals surface area contributed by atoms with Crippen LogP contribution in [0.15, 0.2) is 30.6 Å². The Morgan fingerprint density at radius 2 is 2.07 bits per heavy atom. The highest BCUT2D eigenvalue weighted by atomic mass is 14.9. The first-order valence-electron chi connectivity index (χ1n) is 5.20. The molecule has 0 radical (unpaired) electrons. The molecule has 3 heteroatoms. The molecule has 0 atom stereocenters. The molecule has 74 valence electrons. The van der Waals surface area contributed by atoms with Gasteiger partial charge in [-0.05, 0) is 37.0 Å². The molecule has 1 aliphatic carbocycles. The zero-order chi connectivity index (χ0) is 10.1. The van der Waals surface area contributed by atoms with Gasteiger partial charge < -0.3 is 0 Å². The Morgan fingerprint density at radius 3 is 2.93 bits per heavy atom. The number of nitrogens with zero attached hydrogens (tertiary/aromatic N) is 3. The average Bonchev–Trinajstić information content (AvgIpc) is 2.77. The third-order valence-electron chi connectivity index (χ3n) is 2.71. The molecule has 0 aliphatic heterocycles. The molecule has 3 nitrogen and oxygen atoms in total. The molecule has 0 unspecified atom stereocenters. The molecule has 2 heterocycles. The van der Waals surface area contributed by atoms with E-state index in [9.17, 15) is 0 Å². The Bertz CT molecular complexity index is 479. The maximum absolute atomic E-state index is 4.55. The second-order valence-corrected chi connectivity index (χ2v) is 3.73.